The van der Waals surface area contributed by atoms with Gasteiger partial charge in [-0.2, -0.15) is 5.26 Å². The maximum atomic E-state index is 8.82. The van der Waals surface area contributed by atoms with Crippen molar-refractivity contribution in [2.75, 3.05) is 0 Å². The molecule has 0 radical (unpaired) electrons. The third-order valence-corrected chi connectivity index (χ3v) is 1.71. The average Bonchev–Trinajstić information content (AvgIpc) is 2.46. The highest BCUT2D eigenvalue weighted by Gasteiger charge is 2.13. The Hall–Kier alpha value is -1.37. The first-order valence-corrected chi connectivity index (χ1v) is 4.04. The second-order valence-electron chi connectivity index (χ2n) is 2.91. The summed E-state index contributed by atoms with van der Waals surface area (Å²) in [5, 5.41) is 16.6. The zero-order chi connectivity index (χ0) is 9.14. The van der Waals surface area contributed by atoms with Crippen LogP contribution in [0.4, 0.5) is 0 Å². The largest absolute Gasteiger partial charge is 0.235 e. The van der Waals surface area contributed by atoms with Crippen molar-refractivity contribution in [3.63, 3.8) is 0 Å². The normalized spacial score (nSPS) is 10.2. The summed E-state index contributed by atoms with van der Waals surface area (Å²) < 4.78 is 1.62. The van der Waals surface area contributed by atoms with Crippen LogP contribution in [-0.4, -0.2) is 15.0 Å². The molecule has 0 unspecified atom stereocenters. The van der Waals surface area contributed by atoms with Gasteiger partial charge in [0.2, 0.25) is 0 Å². The molecular formula is C8H12N4. The Kier molecular flexibility index (Phi) is 2.44. The zero-order valence-electron chi connectivity index (χ0n) is 7.57. The highest BCUT2D eigenvalue weighted by Crippen LogP contribution is 2.14. The quantitative estimate of drug-likeness (QED) is 0.661. The van der Waals surface area contributed by atoms with E-state index in [1.807, 2.05) is 20.8 Å². The van der Waals surface area contributed by atoms with Gasteiger partial charge in [0.1, 0.15) is 11.8 Å². The summed E-state index contributed by atoms with van der Waals surface area (Å²) in [6.07, 6.45) is 0. The van der Waals surface area contributed by atoms with E-state index >= 15 is 0 Å². The summed E-state index contributed by atoms with van der Waals surface area (Å²) in [6, 6.07) is 2.11. The molecule has 12 heavy (non-hydrogen) atoms. The molecule has 0 bridgehead atoms. The van der Waals surface area contributed by atoms with Crippen LogP contribution in [0.25, 0.3) is 0 Å². The van der Waals surface area contributed by atoms with Gasteiger partial charge in [0.15, 0.2) is 5.69 Å². The second kappa shape index (κ2) is 3.35. The molecule has 1 aromatic heterocycles. The molecule has 4 heteroatoms. The first-order valence-electron chi connectivity index (χ1n) is 4.04. The molecule has 0 aliphatic rings. The lowest BCUT2D eigenvalue weighted by molar-refractivity contribution is 0.620. The number of nitrogens with zero attached hydrogens (tertiary/aromatic N) is 4. The van der Waals surface area contributed by atoms with Gasteiger partial charge in [-0.25, -0.2) is 4.68 Å². The van der Waals surface area contributed by atoms with E-state index in [1.54, 1.807) is 4.68 Å². The zero-order valence-corrected chi connectivity index (χ0v) is 7.57. The Morgan fingerprint density at radius 3 is 2.67 bits per heavy atom. The minimum Gasteiger partial charge on any atom is -0.235 e. The smallest absolute Gasteiger partial charge is 0.162 e. The molecule has 0 spiro atoms. The minimum absolute atomic E-state index is 0.264. The Balaban J connectivity index is 3.16. The summed E-state index contributed by atoms with van der Waals surface area (Å²) in [4.78, 5) is 0. The Labute approximate surface area is 71.8 Å². The monoisotopic (exact) mass is 164 g/mol. The van der Waals surface area contributed by atoms with Gasteiger partial charge >= 0.3 is 0 Å². The molecule has 0 aromatic carbocycles. The molecule has 0 saturated carbocycles. The molecule has 0 aliphatic heterocycles. The lowest BCUT2D eigenvalue weighted by Crippen LogP contribution is -2.00. The highest BCUT2D eigenvalue weighted by atomic mass is 15.4. The van der Waals surface area contributed by atoms with Gasteiger partial charge in [-0.05, 0) is 6.92 Å². The molecule has 0 N–H and O–H groups in total. The molecule has 0 aliphatic carbocycles. The van der Waals surface area contributed by atoms with Crippen LogP contribution in [0.3, 0.4) is 0 Å². The van der Waals surface area contributed by atoms with E-state index < -0.39 is 0 Å². The Morgan fingerprint density at radius 1 is 1.58 bits per heavy atom. The summed E-state index contributed by atoms with van der Waals surface area (Å²) in [5.41, 5.74) is 1.38. The van der Waals surface area contributed by atoms with Gasteiger partial charge in [-0.15, -0.1) is 5.10 Å². The topological polar surface area (TPSA) is 54.5 Å². The lowest BCUT2D eigenvalue weighted by Gasteiger charge is -1.99. The van der Waals surface area contributed by atoms with E-state index in [0.717, 1.165) is 5.69 Å². The minimum atomic E-state index is 0.264. The van der Waals surface area contributed by atoms with E-state index in [2.05, 4.69) is 16.4 Å². The van der Waals surface area contributed by atoms with Gasteiger partial charge in [-0.3, -0.25) is 0 Å². The van der Waals surface area contributed by atoms with E-state index in [9.17, 15) is 0 Å². The fourth-order valence-electron chi connectivity index (χ4n) is 1.05. The average molecular weight is 164 g/mol. The van der Waals surface area contributed by atoms with Crippen LogP contribution in [-0.2, 0) is 6.54 Å². The van der Waals surface area contributed by atoms with Crippen molar-refractivity contribution >= 4 is 0 Å². The molecule has 4 nitrogen and oxygen atoms in total. The predicted molar refractivity (Wildman–Crippen MR) is 44.5 cm³/mol. The predicted octanol–water partition coefficient (Wildman–Crippen LogP) is 1.29. The molecule has 0 saturated heterocycles. The highest BCUT2D eigenvalue weighted by molar-refractivity contribution is 5.27. The Morgan fingerprint density at radius 2 is 2.25 bits per heavy atom. The van der Waals surface area contributed by atoms with Crippen LogP contribution in [0.2, 0.25) is 0 Å². The van der Waals surface area contributed by atoms with Crippen molar-refractivity contribution in [2.24, 2.45) is 0 Å². The summed E-state index contributed by atoms with van der Waals surface area (Å²) in [6.45, 7) is 6.65. The van der Waals surface area contributed by atoms with Crippen LogP contribution in [0.5, 0.6) is 0 Å². The van der Waals surface area contributed by atoms with Crippen molar-refractivity contribution in [1.29, 1.82) is 5.26 Å². The number of hydrogen-bond donors (Lipinski definition) is 0. The summed E-state index contributed by atoms with van der Waals surface area (Å²) in [7, 11) is 0. The number of rotatable bonds is 2. The number of aromatic nitrogens is 3. The van der Waals surface area contributed by atoms with Gasteiger partial charge in [0, 0.05) is 12.5 Å². The molecule has 0 amide bonds. The second-order valence-corrected chi connectivity index (χ2v) is 2.91. The van der Waals surface area contributed by atoms with Crippen LogP contribution in [0.15, 0.2) is 0 Å². The van der Waals surface area contributed by atoms with E-state index in [1.165, 1.54) is 0 Å². The van der Waals surface area contributed by atoms with Crippen molar-refractivity contribution in [3.8, 4) is 6.07 Å². The van der Waals surface area contributed by atoms with Gasteiger partial charge in [0.05, 0.1) is 0 Å². The van der Waals surface area contributed by atoms with Crippen LogP contribution in [0, 0.1) is 11.3 Å². The van der Waals surface area contributed by atoms with Crippen LogP contribution >= 0.6 is 0 Å². The first-order chi connectivity index (χ1) is 5.70. The molecule has 0 atom stereocenters. The number of nitriles is 1. The number of aryl methyl sites for hydroxylation is 1. The molecule has 1 heterocycles. The maximum Gasteiger partial charge on any atom is 0.162 e. The Bertz CT molecular complexity index is 305. The third-order valence-electron chi connectivity index (χ3n) is 1.71. The fourth-order valence-corrected chi connectivity index (χ4v) is 1.05. The van der Waals surface area contributed by atoms with Crippen LogP contribution in [0.1, 0.15) is 38.1 Å². The van der Waals surface area contributed by atoms with Crippen LogP contribution < -0.4 is 0 Å². The van der Waals surface area contributed by atoms with Gasteiger partial charge in [0.25, 0.3) is 0 Å². The lowest BCUT2D eigenvalue weighted by atomic mass is 10.1. The van der Waals surface area contributed by atoms with Gasteiger partial charge in [-0.1, -0.05) is 19.1 Å². The molecule has 0 fully saturated rings. The fraction of sp³-hybridized carbons (Fsp3) is 0.625. The molecule has 1 rings (SSSR count). The first kappa shape index (κ1) is 8.72. The standard InChI is InChI=1S/C8H12N4/c1-4-12-7(5-9)8(6(2)3)10-11-12/h6H,4H2,1-3H3. The SMILES string of the molecule is CCn1nnc(C(C)C)c1C#N. The number of hydrogen-bond acceptors (Lipinski definition) is 3. The van der Waals surface area contributed by atoms with Crippen molar-refractivity contribution < 1.29 is 0 Å². The van der Waals surface area contributed by atoms with Crippen molar-refractivity contribution in [2.45, 2.75) is 33.2 Å². The molecule has 1 aromatic rings. The van der Waals surface area contributed by atoms with E-state index in [-0.39, 0.29) is 5.92 Å². The summed E-state index contributed by atoms with van der Waals surface area (Å²) in [5.74, 6) is 0.264. The van der Waals surface area contributed by atoms with Gasteiger partial charge < -0.3 is 0 Å². The molecular weight excluding hydrogens is 152 g/mol. The maximum absolute atomic E-state index is 8.82. The van der Waals surface area contributed by atoms with E-state index in [0.29, 0.717) is 12.2 Å². The molecule has 64 valence electrons. The summed E-state index contributed by atoms with van der Waals surface area (Å²) >= 11 is 0. The van der Waals surface area contributed by atoms with E-state index in [4.69, 9.17) is 5.26 Å². The van der Waals surface area contributed by atoms with Crippen molar-refractivity contribution in [1.82, 2.24) is 15.0 Å². The van der Waals surface area contributed by atoms with Crippen molar-refractivity contribution in [3.05, 3.63) is 11.4 Å². The third kappa shape index (κ3) is 1.30.